The molecule has 0 rings (SSSR count). The maximum absolute atomic E-state index is 11.8. The Morgan fingerprint density at radius 3 is 2.31 bits per heavy atom. The molecule has 5 heteroatoms. The summed E-state index contributed by atoms with van der Waals surface area (Å²) in [6, 6.07) is 0. The molecule has 0 aliphatic heterocycles. The van der Waals surface area contributed by atoms with E-state index in [0.717, 1.165) is 0 Å². The molecule has 0 aromatic heterocycles. The van der Waals surface area contributed by atoms with Crippen LogP contribution < -0.4 is 0 Å². The third-order valence-corrected chi connectivity index (χ3v) is 1.71. The number of aliphatic hydroxyl groups is 1. The van der Waals surface area contributed by atoms with Crippen molar-refractivity contribution in [3.05, 3.63) is 0 Å². The Balaban J connectivity index is 3.57. The van der Waals surface area contributed by atoms with Crippen molar-refractivity contribution >= 4 is 0 Å². The Labute approximate surface area is 76.3 Å². The number of aliphatic hydroxyl groups excluding tert-OH is 1. The van der Waals surface area contributed by atoms with Gasteiger partial charge in [0, 0.05) is 19.7 Å². The van der Waals surface area contributed by atoms with Gasteiger partial charge in [-0.05, 0) is 13.0 Å². The maximum Gasteiger partial charge on any atom is 0.390 e. The van der Waals surface area contributed by atoms with E-state index in [4.69, 9.17) is 5.11 Å². The van der Waals surface area contributed by atoms with Crippen LogP contribution >= 0.6 is 0 Å². The van der Waals surface area contributed by atoms with E-state index in [1.165, 1.54) is 0 Å². The number of halogens is 3. The molecule has 1 N–H and O–H groups in total. The lowest BCUT2D eigenvalue weighted by Gasteiger charge is -2.20. The van der Waals surface area contributed by atoms with Gasteiger partial charge in [-0.1, -0.05) is 6.92 Å². The normalized spacial score (nSPS) is 15.0. The van der Waals surface area contributed by atoms with Gasteiger partial charge in [-0.3, -0.25) is 0 Å². The van der Waals surface area contributed by atoms with Crippen molar-refractivity contribution in [3.63, 3.8) is 0 Å². The second-order valence-electron chi connectivity index (χ2n) is 3.42. The summed E-state index contributed by atoms with van der Waals surface area (Å²) >= 11 is 0. The molecule has 0 saturated carbocycles. The highest BCUT2D eigenvalue weighted by molar-refractivity contribution is 4.60. The zero-order valence-electron chi connectivity index (χ0n) is 7.93. The van der Waals surface area contributed by atoms with Gasteiger partial charge < -0.3 is 10.0 Å². The van der Waals surface area contributed by atoms with Crippen LogP contribution in [-0.4, -0.2) is 42.9 Å². The van der Waals surface area contributed by atoms with Crippen molar-refractivity contribution in [2.45, 2.75) is 19.5 Å². The van der Waals surface area contributed by atoms with E-state index in [9.17, 15) is 13.2 Å². The highest BCUT2D eigenvalue weighted by Crippen LogP contribution is 2.19. The molecule has 0 aromatic carbocycles. The van der Waals surface area contributed by atoms with Crippen molar-refractivity contribution < 1.29 is 18.3 Å². The minimum Gasteiger partial charge on any atom is -0.396 e. The van der Waals surface area contributed by atoms with Crippen molar-refractivity contribution in [1.29, 1.82) is 0 Å². The van der Waals surface area contributed by atoms with Gasteiger partial charge in [0.25, 0.3) is 0 Å². The van der Waals surface area contributed by atoms with Crippen LogP contribution in [0, 0.1) is 5.92 Å². The van der Waals surface area contributed by atoms with Gasteiger partial charge in [0.1, 0.15) is 0 Å². The number of alkyl halides is 3. The lowest BCUT2D eigenvalue weighted by molar-refractivity contribution is -0.137. The highest BCUT2D eigenvalue weighted by Gasteiger charge is 2.27. The molecule has 0 aliphatic rings. The molecular weight excluding hydrogens is 183 g/mol. The van der Waals surface area contributed by atoms with E-state index in [2.05, 4.69) is 0 Å². The molecule has 13 heavy (non-hydrogen) atoms. The molecule has 80 valence electrons. The third-order valence-electron chi connectivity index (χ3n) is 1.71. The Morgan fingerprint density at radius 2 is 1.92 bits per heavy atom. The fourth-order valence-corrected chi connectivity index (χ4v) is 0.999. The SMILES string of the molecule is CC(CO)CN(C)CCC(F)(F)F. The minimum atomic E-state index is -4.09. The average Bonchev–Trinajstić information content (AvgIpc) is 1.99. The van der Waals surface area contributed by atoms with E-state index in [1.807, 2.05) is 0 Å². The molecule has 0 amide bonds. The molecule has 1 atom stereocenters. The molecular formula is C8H16F3NO. The fourth-order valence-electron chi connectivity index (χ4n) is 0.999. The van der Waals surface area contributed by atoms with Crippen LogP contribution in [0.5, 0.6) is 0 Å². The highest BCUT2D eigenvalue weighted by atomic mass is 19.4. The Bertz CT molecular complexity index is 138. The van der Waals surface area contributed by atoms with Crippen LogP contribution in [-0.2, 0) is 0 Å². The Morgan fingerprint density at radius 1 is 1.38 bits per heavy atom. The molecule has 0 heterocycles. The summed E-state index contributed by atoms with van der Waals surface area (Å²) in [6.45, 7) is 2.29. The first-order valence-corrected chi connectivity index (χ1v) is 4.21. The van der Waals surface area contributed by atoms with Crippen molar-refractivity contribution in [2.24, 2.45) is 5.92 Å². The second-order valence-corrected chi connectivity index (χ2v) is 3.42. The predicted molar refractivity (Wildman–Crippen MR) is 44.4 cm³/mol. The van der Waals surface area contributed by atoms with Crippen LogP contribution in [0.4, 0.5) is 13.2 Å². The molecule has 0 saturated heterocycles. The Kier molecular flexibility index (Phi) is 5.32. The van der Waals surface area contributed by atoms with E-state index >= 15 is 0 Å². The van der Waals surface area contributed by atoms with E-state index in [0.29, 0.717) is 6.54 Å². The van der Waals surface area contributed by atoms with Crippen LogP contribution in [0.15, 0.2) is 0 Å². The lowest BCUT2D eigenvalue weighted by Crippen LogP contribution is -2.29. The lowest BCUT2D eigenvalue weighted by atomic mass is 10.2. The summed E-state index contributed by atoms with van der Waals surface area (Å²) in [5.41, 5.74) is 0. The number of hydrogen-bond donors (Lipinski definition) is 1. The first-order chi connectivity index (χ1) is 5.85. The molecule has 0 aliphatic carbocycles. The summed E-state index contributed by atoms with van der Waals surface area (Å²) in [5, 5.41) is 8.66. The van der Waals surface area contributed by atoms with Gasteiger partial charge in [0.2, 0.25) is 0 Å². The molecule has 0 fully saturated rings. The van der Waals surface area contributed by atoms with Gasteiger partial charge in [-0.2, -0.15) is 13.2 Å². The first-order valence-electron chi connectivity index (χ1n) is 4.21. The predicted octanol–water partition coefficient (Wildman–Crippen LogP) is 1.50. The van der Waals surface area contributed by atoms with Crippen LogP contribution in [0.1, 0.15) is 13.3 Å². The number of nitrogens with zero attached hydrogens (tertiary/aromatic N) is 1. The van der Waals surface area contributed by atoms with E-state index < -0.39 is 12.6 Å². The van der Waals surface area contributed by atoms with Gasteiger partial charge in [-0.25, -0.2) is 0 Å². The molecule has 0 aromatic rings. The summed E-state index contributed by atoms with van der Waals surface area (Å²) < 4.78 is 35.3. The van der Waals surface area contributed by atoms with Crippen LogP contribution in [0.25, 0.3) is 0 Å². The quantitative estimate of drug-likeness (QED) is 0.725. The van der Waals surface area contributed by atoms with Gasteiger partial charge in [-0.15, -0.1) is 0 Å². The summed E-state index contributed by atoms with van der Waals surface area (Å²) in [7, 11) is 1.62. The standard InChI is InChI=1S/C8H16F3NO/c1-7(6-13)5-12(2)4-3-8(9,10)11/h7,13H,3-6H2,1-2H3. The van der Waals surface area contributed by atoms with Crippen molar-refractivity contribution in [1.82, 2.24) is 4.90 Å². The fraction of sp³-hybridized carbons (Fsp3) is 1.00. The van der Waals surface area contributed by atoms with Gasteiger partial charge >= 0.3 is 6.18 Å². The van der Waals surface area contributed by atoms with E-state index in [1.54, 1.807) is 18.9 Å². The zero-order chi connectivity index (χ0) is 10.5. The first kappa shape index (κ1) is 12.7. The maximum atomic E-state index is 11.8. The number of rotatable bonds is 5. The molecule has 0 radical (unpaired) electrons. The topological polar surface area (TPSA) is 23.5 Å². The monoisotopic (exact) mass is 199 g/mol. The van der Waals surface area contributed by atoms with Crippen LogP contribution in [0.2, 0.25) is 0 Å². The van der Waals surface area contributed by atoms with E-state index in [-0.39, 0.29) is 19.1 Å². The molecule has 2 nitrogen and oxygen atoms in total. The third kappa shape index (κ3) is 8.05. The smallest absolute Gasteiger partial charge is 0.390 e. The zero-order valence-corrected chi connectivity index (χ0v) is 7.93. The van der Waals surface area contributed by atoms with Crippen molar-refractivity contribution in [3.8, 4) is 0 Å². The average molecular weight is 199 g/mol. The minimum absolute atomic E-state index is 0.00611. The summed E-state index contributed by atoms with van der Waals surface area (Å²) in [6.07, 6.45) is -4.88. The summed E-state index contributed by atoms with van der Waals surface area (Å²) in [5.74, 6) is 0.0261. The van der Waals surface area contributed by atoms with Gasteiger partial charge in [0.05, 0.1) is 6.42 Å². The molecule has 0 bridgehead atoms. The molecule has 0 spiro atoms. The largest absolute Gasteiger partial charge is 0.396 e. The molecule has 1 unspecified atom stereocenters. The Hall–Kier alpha value is -0.290. The summed E-state index contributed by atoms with van der Waals surface area (Å²) in [4.78, 5) is 1.58. The number of hydrogen-bond acceptors (Lipinski definition) is 2. The second kappa shape index (κ2) is 5.44. The van der Waals surface area contributed by atoms with Crippen molar-refractivity contribution in [2.75, 3.05) is 26.7 Å². The van der Waals surface area contributed by atoms with Gasteiger partial charge in [0.15, 0.2) is 0 Å². The van der Waals surface area contributed by atoms with Crippen LogP contribution in [0.3, 0.4) is 0 Å².